The summed E-state index contributed by atoms with van der Waals surface area (Å²) in [5.74, 6) is -0.173. The van der Waals surface area contributed by atoms with Crippen molar-refractivity contribution in [3.05, 3.63) is 36.0 Å². The zero-order valence-corrected chi connectivity index (χ0v) is 12.5. The molecule has 0 amide bonds. The van der Waals surface area contributed by atoms with Gasteiger partial charge in [-0.25, -0.2) is 4.98 Å². The van der Waals surface area contributed by atoms with E-state index in [4.69, 9.17) is 4.74 Å². The highest BCUT2D eigenvalue weighted by Crippen LogP contribution is 2.37. The number of piperidine rings is 1. The van der Waals surface area contributed by atoms with Gasteiger partial charge in [0.1, 0.15) is 6.10 Å². The van der Waals surface area contributed by atoms with Gasteiger partial charge in [-0.1, -0.05) is 18.2 Å². The minimum atomic E-state index is -4.52. The first kappa shape index (κ1) is 16.8. The lowest BCUT2D eigenvalue weighted by Crippen LogP contribution is -2.34. The molecule has 1 fully saturated rings. The number of benzene rings is 1. The smallest absolute Gasteiger partial charge is 0.437 e. The molecule has 1 aliphatic heterocycles. The fraction of sp³-hybridized carbons (Fsp3) is 0.400. The maximum atomic E-state index is 13.2. The predicted molar refractivity (Wildman–Crippen MR) is 80.5 cm³/mol. The molecule has 2 heterocycles. The van der Waals surface area contributed by atoms with Crippen LogP contribution in [0.25, 0.3) is 10.9 Å². The van der Waals surface area contributed by atoms with Crippen molar-refractivity contribution in [1.82, 2.24) is 10.3 Å². The van der Waals surface area contributed by atoms with Crippen LogP contribution in [0.3, 0.4) is 0 Å². The summed E-state index contributed by atoms with van der Waals surface area (Å²) in [6.07, 6.45) is -3.32. The molecule has 1 aliphatic rings. The molecule has 1 N–H and O–H groups in total. The Balaban J connectivity index is 0.00000176. The molecule has 0 saturated carbocycles. The number of hydrogen-bond acceptors (Lipinski definition) is 3. The van der Waals surface area contributed by atoms with E-state index in [0.29, 0.717) is 23.7 Å². The molecule has 1 aromatic carbocycles. The van der Waals surface area contributed by atoms with Gasteiger partial charge >= 0.3 is 6.18 Å². The number of alkyl halides is 3. The SMILES string of the molecule is Cl.FC(F)(F)c1nc2ccccc2cc1OC1CCNCC1. The second-order valence-corrected chi connectivity index (χ2v) is 5.09. The van der Waals surface area contributed by atoms with Crippen molar-refractivity contribution >= 4 is 23.3 Å². The van der Waals surface area contributed by atoms with Gasteiger partial charge in [0.15, 0.2) is 11.4 Å². The fourth-order valence-corrected chi connectivity index (χ4v) is 2.48. The van der Waals surface area contributed by atoms with Gasteiger partial charge in [0.2, 0.25) is 0 Å². The third-order valence-corrected chi connectivity index (χ3v) is 3.54. The molecule has 0 radical (unpaired) electrons. The van der Waals surface area contributed by atoms with Crippen molar-refractivity contribution in [3.8, 4) is 5.75 Å². The van der Waals surface area contributed by atoms with Gasteiger partial charge in [-0.05, 0) is 38.1 Å². The minimum Gasteiger partial charge on any atom is -0.488 e. The molecule has 7 heteroatoms. The highest BCUT2D eigenvalue weighted by molar-refractivity contribution is 5.85. The van der Waals surface area contributed by atoms with Crippen LogP contribution >= 0.6 is 12.4 Å². The van der Waals surface area contributed by atoms with Gasteiger partial charge in [-0.3, -0.25) is 0 Å². The summed E-state index contributed by atoms with van der Waals surface area (Å²) in [5.41, 5.74) is -0.623. The van der Waals surface area contributed by atoms with E-state index >= 15 is 0 Å². The molecule has 120 valence electrons. The lowest BCUT2D eigenvalue weighted by molar-refractivity contribution is -0.142. The molecule has 1 saturated heterocycles. The molecule has 0 bridgehead atoms. The maximum Gasteiger partial charge on any atom is 0.437 e. The number of nitrogens with zero attached hydrogens (tertiary/aromatic N) is 1. The lowest BCUT2D eigenvalue weighted by atomic mass is 10.1. The lowest BCUT2D eigenvalue weighted by Gasteiger charge is -2.25. The van der Waals surface area contributed by atoms with Gasteiger partial charge in [-0.15, -0.1) is 12.4 Å². The highest BCUT2D eigenvalue weighted by atomic mass is 35.5. The first-order chi connectivity index (χ1) is 10.0. The van der Waals surface area contributed by atoms with Crippen molar-refractivity contribution in [3.63, 3.8) is 0 Å². The van der Waals surface area contributed by atoms with Crippen molar-refractivity contribution in [2.75, 3.05) is 13.1 Å². The Labute approximate surface area is 132 Å². The number of ether oxygens (including phenoxy) is 1. The summed E-state index contributed by atoms with van der Waals surface area (Å²) >= 11 is 0. The van der Waals surface area contributed by atoms with Crippen molar-refractivity contribution in [2.24, 2.45) is 0 Å². The maximum absolute atomic E-state index is 13.2. The van der Waals surface area contributed by atoms with E-state index in [2.05, 4.69) is 10.3 Å². The molecule has 1 aromatic heterocycles. The Morgan fingerprint density at radius 2 is 1.82 bits per heavy atom. The summed E-state index contributed by atoms with van der Waals surface area (Å²) < 4.78 is 45.1. The summed E-state index contributed by atoms with van der Waals surface area (Å²) in [6.45, 7) is 1.51. The number of para-hydroxylation sites is 1. The number of fused-ring (bicyclic) bond motifs is 1. The Bertz CT molecular complexity index is 642. The predicted octanol–water partition coefficient (Wildman–Crippen LogP) is 3.81. The summed E-state index contributed by atoms with van der Waals surface area (Å²) in [5, 5.41) is 3.80. The summed E-state index contributed by atoms with van der Waals surface area (Å²) in [7, 11) is 0. The van der Waals surface area contributed by atoms with Crippen LogP contribution in [0.4, 0.5) is 13.2 Å². The van der Waals surface area contributed by atoms with Crippen LogP contribution in [0, 0.1) is 0 Å². The van der Waals surface area contributed by atoms with E-state index in [9.17, 15) is 13.2 Å². The first-order valence-electron chi connectivity index (χ1n) is 6.88. The van der Waals surface area contributed by atoms with Crippen molar-refractivity contribution in [1.29, 1.82) is 0 Å². The monoisotopic (exact) mass is 332 g/mol. The van der Waals surface area contributed by atoms with Gasteiger partial charge in [0, 0.05) is 5.39 Å². The number of rotatable bonds is 2. The molecule has 2 aromatic rings. The normalized spacial score (nSPS) is 16.3. The molecular formula is C15H16ClF3N2O. The van der Waals surface area contributed by atoms with E-state index < -0.39 is 11.9 Å². The molecule has 22 heavy (non-hydrogen) atoms. The van der Waals surface area contributed by atoms with E-state index in [1.54, 1.807) is 24.3 Å². The number of halogens is 4. The third kappa shape index (κ3) is 3.62. The van der Waals surface area contributed by atoms with Crippen molar-refractivity contribution < 1.29 is 17.9 Å². The minimum absolute atomic E-state index is 0. The van der Waals surface area contributed by atoms with Gasteiger partial charge in [0.25, 0.3) is 0 Å². The zero-order valence-electron chi connectivity index (χ0n) is 11.7. The van der Waals surface area contributed by atoms with Gasteiger partial charge in [-0.2, -0.15) is 13.2 Å². The molecule has 0 unspecified atom stereocenters. The molecule has 3 rings (SSSR count). The van der Waals surface area contributed by atoms with Crippen LogP contribution in [-0.4, -0.2) is 24.2 Å². The van der Waals surface area contributed by atoms with E-state index in [-0.39, 0.29) is 24.3 Å². The van der Waals surface area contributed by atoms with Crippen LogP contribution in [0.1, 0.15) is 18.5 Å². The summed E-state index contributed by atoms with van der Waals surface area (Å²) in [6, 6.07) is 8.18. The van der Waals surface area contributed by atoms with E-state index in [1.807, 2.05) is 0 Å². The molecule has 0 atom stereocenters. The van der Waals surface area contributed by atoms with Crippen LogP contribution in [0.15, 0.2) is 30.3 Å². The Kier molecular flexibility index (Phi) is 5.13. The van der Waals surface area contributed by atoms with Crippen LogP contribution < -0.4 is 10.1 Å². The molecule has 3 nitrogen and oxygen atoms in total. The largest absolute Gasteiger partial charge is 0.488 e. The fourth-order valence-electron chi connectivity index (χ4n) is 2.48. The van der Waals surface area contributed by atoms with Crippen LogP contribution in [0.2, 0.25) is 0 Å². The van der Waals surface area contributed by atoms with Gasteiger partial charge < -0.3 is 10.1 Å². The summed E-state index contributed by atoms with van der Waals surface area (Å²) in [4.78, 5) is 3.75. The van der Waals surface area contributed by atoms with E-state index in [1.165, 1.54) is 6.07 Å². The Morgan fingerprint density at radius 1 is 1.14 bits per heavy atom. The Hall–Kier alpha value is -1.53. The number of hydrogen-bond donors (Lipinski definition) is 1. The number of nitrogens with one attached hydrogen (secondary N) is 1. The van der Waals surface area contributed by atoms with E-state index in [0.717, 1.165) is 13.1 Å². The molecule has 0 aliphatic carbocycles. The standard InChI is InChI=1S/C15H15F3N2O.ClH/c16-15(17,18)14-13(21-11-5-7-19-8-6-11)9-10-3-1-2-4-12(10)20-14;/h1-4,9,11,19H,5-8H2;1H. The average molecular weight is 333 g/mol. The number of aromatic nitrogens is 1. The first-order valence-corrected chi connectivity index (χ1v) is 6.88. The Morgan fingerprint density at radius 3 is 2.50 bits per heavy atom. The average Bonchev–Trinajstić information content (AvgIpc) is 2.46. The van der Waals surface area contributed by atoms with Crippen LogP contribution in [0.5, 0.6) is 5.75 Å². The highest BCUT2D eigenvalue weighted by Gasteiger charge is 2.37. The topological polar surface area (TPSA) is 34.1 Å². The second-order valence-electron chi connectivity index (χ2n) is 5.09. The van der Waals surface area contributed by atoms with Crippen LogP contribution in [-0.2, 0) is 6.18 Å². The third-order valence-electron chi connectivity index (χ3n) is 3.54. The van der Waals surface area contributed by atoms with Crippen molar-refractivity contribution in [2.45, 2.75) is 25.1 Å². The quantitative estimate of drug-likeness (QED) is 0.908. The number of pyridine rings is 1. The zero-order chi connectivity index (χ0) is 14.9. The second kappa shape index (κ2) is 6.71. The van der Waals surface area contributed by atoms with Gasteiger partial charge in [0.05, 0.1) is 5.52 Å². The molecule has 0 spiro atoms. The molecular weight excluding hydrogens is 317 g/mol.